The number of aromatic nitrogens is 2. The maximum atomic E-state index is 6.20. The van der Waals surface area contributed by atoms with Crippen LogP contribution in [0.25, 0.3) is 11.3 Å². The highest BCUT2D eigenvalue weighted by atomic mass is 15.1. The van der Waals surface area contributed by atoms with Crippen molar-refractivity contribution in [2.75, 3.05) is 5.73 Å². The number of rotatable bonds is 3. The molecular weight excluding hydrogens is 234 g/mol. The normalized spacial score (nSPS) is 15.2. The first-order valence-corrected chi connectivity index (χ1v) is 7.00. The zero-order valence-corrected chi connectivity index (χ0v) is 11.9. The molecule has 1 fully saturated rings. The third-order valence-corrected chi connectivity index (χ3v) is 3.97. The zero-order chi connectivity index (χ0) is 13.6. The van der Waals surface area contributed by atoms with E-state index in [-0.39, 0.29) is 0 Å². The summed E-state index contributed by atoms with van der Waals surface area (Å²) in [7, 11) is 2.02. The van der Waals surface area contributed by atoms with Gasteiger partial charge >= 0.3 is 0 Å². The van der Waals surface area contributed by atoms with Crippen LogP contribution in [-0.4, -0.2) is 9.55 Å². The average molecular weight is 255 g/mol. The lowest BCUT2D eigenvalue weighted by Gasteiger charge is -2.06. The summed E-state index contributed by atoms with van der Waals surface area (Å²) in [4.78, 5) is 4.75. The van der Waals surface area contributed by atoms with Gasteiger partial charge in [-0.15, -0.1) is 0 Å². The van der Waals surface area contributed by atoms with Crippen LogP contribution in [0, 0.1) is 0 Å². The van der Waals surface area contributed by atoms with Crippen LogP contribution in [0.15, 0.2) is 24.3 Å². The number of anilines is 1. The van der Waals surface area contributed by atoms with Crippen LogP contribution in [0.1, 0.15) is 49.9 Å². The van der Waals surface area contributed by atoms with E-state index in [1.165, 1.54) is 18.4 Å². The molecule has 0 spiro atoms. The summed E-state index contributed by atoms with van der Waals surface area (Å²) in [6, 6.07) is 8.60. The largest absolute Gasteiger partial charge is 0.383 e. The predicted molar refractivity (Wildman–Crippen MR) is 79.1 cm³/mol. The molecule has 0 radical (unpaired) electrons. The molecule has 2 aromatic rings. The fourth-order valence-electron chi connectivity index (χ4n) is 2.47. The molecule has 0 saturated heterocycles. The predicted octanol–water partition coefficient (Wildman–Crippen LogP) is 3.67. The Morgan fingerprint density at radius 2 is 1.84 bits per heavy atom. The highest BCUT2D eigenvalue weighted by Gasteiger charge is 2.29. The Kier molecular flexibility index (Phi) is 2.85. The Morgan fingerprint density at radius 1 is 1.21 bits per heavy atom. The molecule has 0 atom stereocenters. The molecule has 1 aromatic carbocycles. The Hall–Kier alpha value is -1.77. The van der Waals surface area contributed by atoms with Gasteiger partial charge in [0.25, 0.3) is 0 Å². The van der Waals surface area contributed by atoms with Crippen LogP contribution in [0.3, 0.4) is 0 Å². The molecule has 1 aromatic heterocycles. The van der Waals surface area contributed by atoms with E-state index < -0.39 is 0 Å². The van der Waals surface area contributed by atoms with Crippen LogP contribution in [0.4, 0.5) is 5.82 Å². The van der Waals surface area contributed by atoms with Crippen molar-refractivity contribution < 1.29 is 0 Å². The SMILES string of the molecule is CC(C)c1ccc(-c2nc(C3CC3)n(C)c2N)cc1. The summed E-state index contributed by atoms with van der Waals surface area (Å²) < 4.78 is 2.04. The Morgan fingerprint density at radius 3 is 2.37 bits per heavy atom. The number of nitrogen functional groups attached to an aromatic ring is 1. The summed E-state index contributed by atoms with van der Waals surface area (Å²) >= 11 is 0. The Balaban J connectivity index is 1.99. The number of imidazole rings is 1. The Labute approximate surface area is 114 Å². The van der Waals surface area contributed by atoms with Crippen molar-refractivity contribution in [1.82, 2.24) is 9.55 Å². The molecule has 1 aliphatic rings. The monoisotopic (exact) mass is 255 g/mol. The minimum atomic E-state index is 0.553. The van der Waals surface area contributed by atoms with Gasteiger partial charge < -0.3 is 10.3 Å². The van der Waals surface area contributed by atoms with E-state index >= 15 is 0 Å². The maximum absolute atomic E-state index is 6.20. The molecule has 100 valence electrons. The zero-order valence-electron chi connectivity index (χ0n) is 11.9. The van der Waals surface area contributed by atoms with E-state index in [2.05, 4.69) is 38.1 Å². The van der Waals surface area contributed by atoms with Crippen LogP contribution < -0.4 is 5.73 Å². The van der Waals surface area contributed by atoms with Gasteiger partial charge in [-0.3, -0.25) is 0 Å². The highest BCUT2D eigenvalue weighted by molar-refractivity contribution is 5.71. The minimum absolute atomic E-state index is 0.553. The first-order chi connectivity index (χ1) is 9.08. The van der Waals surface area contributed by atoms with E-state index in [4.69, 9.17) is 10.7 Å². The number of nitrogens with zero attached hydrogens (tertiary/aromatic N) is 2. The third kappa shape index (κ3) is 2.14. The molecule has 3 rings (SSSR count). The highest BCUT2D eigenvalue weighted by Crippen LogP contribution is 2.41. The van der Waals surface area contributed by atoms with Crippen molar-refractivity contribution in [1.29, 1.82) is 0 Å². The van der Waals surface area contributed by atoms with E-state index in [9.17, 15) is 0 Å². The second kappa shape index (κ2) is 4.41. The lowest BCUT2D eigenvalue weighted by atomic mass is 10.0. The topological polar surface area (TPSA) is 43.8 Å². The van der Waals surface area contributed by atoms with E-state index in [1.54, 1.807) is 0 Å². The minimum Gasteiger partial charge on any atom is -0.383 e. The standard InChI is InChI=1S/C16H21N3/c1-10(2)11-4-6-12(7-5-11)14-15(17)19(3)16(18-14)13-8-9-13/h4-7,10,13H,8-9,17H2,1-3H3. The number of hydrogen-bond acceptors (Lipinski definition) is 2. The van der Waals surface area contributed by atoms with Crippen LogP contribution in [0.2, 0.25) is 0 Å². The molecule has 1 saturated carbocycles. The van der Waals surface area contributed by atoms with Crippen LogP contribution in [0.5, 0.6) is 0 Å². The van der Waals surface area contributed by atoms with Crippen molar-refractivity contribution in [2.24, 2.45) is 7.05 Å². The van der Waals surface area contributed by atoms with Gasteiger partial charge in [0.1, 0.15) is 17.3 Å². The molecular formula is C16H21N3. The molecule has 0 unspecified atom stereocenters. The summed E-state index contributed by atoms with van der Waals surface area (Å²) in [6.07, 6.45) is 2.49. The molecule has 0 amide bonds. The molecule has 19 heavy (non-hydrogen) atoms. The average Bonchev–Trinajstić information content (AvgIpc) is 3.19. The van der Waals surface area contributed by atoms with E-state index in [0.29, 0.717) is 11.8 Å². The van der Waals surface area contributed by atoms with Crippen molar-refractivity contribution in [2.45, 2.75) is 38.5 Å². The van der Waals surface area contributed by atoms with Gasteiger partial charge in [0.15, 0.2) is 0 Å². The molecule has 0 bridgehead atoms. The van der Waals surface area contributed by atoms with Gasteiger partial charge in [0.2, 0.25) is 0 Å². The second-order valence-corrected chi connectivity index (χ2v) is 5.81. The second-order valence-electron chi connectivity index (χ2n) is 5.81. The quantitative estimate of drug-likeness (QED) is 0.909. The van der Waals surface area contributed by atoms with Gasteiger partial charge in [0, 0.05) is 18.5 Å². The van der Waals surface area contributed by atoms with Gasteiger partial charge in [0.05, 0.1) is 0 Å². The molecule has 3 nitrogen and oxygen atoms in total. The van der Waals surface area contributed by atoms with Gasteiger partial charge in [-0.1, -0.05) is 38.1 Å². The molecule has 1 aliphatic carbocycles. The summed E-state index contributed by atoms with van der Waals surface area (Å²) in [6.45, 7) is 4.41. The van der Waals surface area contributed by atoms with Crippen LogP contribution in [-0.2, 0) is 7.05 Å². The van der Waals surface area contributed by atoms with E-state index in [0.717, 1.165) is 22.9 Å². The fraction of sp³-hybridized carbons (Fsp3) is 0.438. The lowest BCUT2D eigenvalue weighted by Crippen LogP contribution is -2.00. The molecule has 1 heterocycles. The number of benzene rings is 1. The molecule has 0 aliphatic heterocycles. The smallest absolute Gasteiger partial charge is 0.131 e. The Bertz CT molecular complexity index is 589. The summed E-state index contributed by atoms with van der Waals surface area (Å²) in [5, 5.41) is 0. The molecule has 2 N–H and O–H groups in total. The van der Waals surface area contributed by atoms with Crippen LogP contribution >= 0.6 is 0 Å². The maximum Gasteiger partial charge on any atom is 0.131 e. The van der Waals surface area contributed by atoms with Gasteiger partial charge in [-0.2, -0.15) is 0 Å². The van der Waals surface area contributed by atoms with Crippen molar-refractivity contribution in [3.8, 4) is 11.3 Å². The van der Waals surface area contributed by atoms with Crippen molar-refractivity contribution in [3.63, 3.8) is 0 Å². The first-order valence-electron chi connectivity index (χ1n) is 7.00. The number of hydrogen-bond donors (Lipinski definition) is 1. The lowest BCUT2D eigenvalue weighted by molar-refractivity contribution is 0.807. The summed E-state index contributed by atoms with van der Waals surface area (Å²) in [5.74, 6) is 3.09. The third-order valence-electron chi connectivity index (χ3n) is 3.97. The van der Waals surface area contributed by atoms with Crippen molar-refractivity contribution >= 4 is 5.82 Å². The first kappa shape index (κ1) is 12.3. The van der Waals surface area contributed by atoms with Crippen molar-refractivity contribution in [3.05, 3.63) is 35.7 Å². The van der Waals surface area contributed by atoms with Gasteiger partial charge in [-0.25, -0.2) is 4.98 Å². The number of nitrogens with two attached hydrogens (primary N) is 1. The summed E-state index contributed by atoms with van der Waals surface area (Å²) in [5.41, 5.74) is 9.59. The van der Waals surface area contributed by atoms with E-state index in [1.807, 2.05) is 11.6 Å². The molecule has 3 heteroatoms. The fourth-order valence-corrected chi connectivity index (χ4v) is 2.47. The van der Waals surface area contributed by atoms with Gasteiger partial charge in [-0.05, 0) is 24.3 Å².